The van der Waals surface area contributed by atoms with Crippen LogP contribution in [0.15, 0.2) is 0 Å². The molecule has 0 aromatic rings. The van der Waals surface area contributed by atoms with E-state index in [1.807, 2.05) is 0 Å². The first-order valence-corrected chi connectivity index (χ1v) is 9.01. The molecule has 18 heavy (non-hydrogen) atoms. The number of likely N-dealkylation sites (tertiary alicyclic amines) is 3. The molecule has 3 heterocycles. The van der Waals surface area contributed by atoms with Gasteiger partial charge >= 0.3 is 0 Å². The number of piperazine rings is 1. The minimum Gasteiger partial charge on any atom is -0.301 e. The Morgan fingerprint density at radius 3 is 2.17 bits per heavy atom. The van der Waals surface area contributed by atoms with Crippen LogP contribution >= 0.6 is 22.6 Å². The number of rotatable bonds is 3. The topological polar surface area (TPSA) is 9.72 Å². The molecule has 3 aliphatic rings. The van der Waals surface area contributed by atoms with E-state index in [0.717, 1.165) is 24.2 Å². The van der Waals surface area contributed by atoms with Gasteiger partial charge in [0.25, 0.3) is 0 Å². The van der Waals surface area contributed by atoms with E-state index in [0.29, 0.717) is 0 Å². The standard InChI is InChI=1S/C14H26IN3/c1-11(2)17-5-3-12(4-6-17)18-13-7-14(18)9-16(8-13)10-15/h11-14H,3-10H2,1-2H3. The van der Waals surface area contributed by atoms with E-state index in [2.05, 4.69) is 51.1 Å². The van der Waals surface area contributed by atoms with Crippen molar-refractivity contribution in [3.63, 3.8) is 0 Å². The van der Waals surface area contributed by atoms with Gasteiger partial charge < -0.3 is 4.90 Å². The molecule has 3 nitrogen and oxygen atoms in total. The van der Waals surface area contributed by atoms with Gasteiger partial charge in [0, 0.05) is 37.3 Å². The van der Waals surface area contributed by atoms with Gasteiger partial charge in [-0.05, 0) is 46.2 Å². The van der Waals surface area contributed by atoms with Crippen LogP contribution in [0.1, 0.15) is 33.1 Å². The number of piperidine rings is 2. The molecule has 3 saturated heterocycles. The summed E-state index contributed by atoms with van der Waals surface area (Å²) < 4.78 is 1.21. The minimum absolute atomic E-state index is 0.733. The fraction of sp³-hybridized carbons (Fsp3) is 1.00. The number of fused-ring (bicyclic) bond motifs is 2. The Bertz CT molecular complexity index is 277. The number of alkyl halides is 1. The van der Waals surface area contributed by atoms with E-state index >= 15 is 0 Å². The molecule has 0 saturated carbocycles. The van der Waals surface area contributed by atoms with Crippen molar-refractivity contribution in [2.75, 3.05) is 30.7 Å². The number of halogens is 1. The summed E-state index contributed by atoms with van der Waals surface area (Å²) in [5.74, 6) is 0. The first-order chi connectivity index (χ1) is 8.69. The summed E-state index contributed by atoms with van der Waals surface area (Å²) in [5.41, 5.74) is 0. The van der Waals surface area contributed by atoms with Crippen LogP contribution in [-0.4, -0.2) is 69.6 Å². The summed E-state index contributed by atoms with van der Waals surface area (Å²) in [6.07, 6.45) is 4.27. The van der Waals surface area contributed by atoms with Gasteiger partial charge in [-0.3, -0.25) is 9.80 Å². The van der Waals surface area contributed by atoms with E-state index in [-0.39, 0.29) is 0 Å². The van der Waals surface area contributed by atoms with E-state index in [1.165, 1.54) is 50.0 Å². The predicted octanol–water partition coefficient (Wildman–Crippen LogP) is 2.01. The highest BCUT2D eigenvalue weighted by Crippen LogP contribution is 2.37. The first-order valence-electron chi connectivity index (χ1n) is 7.49. The first kappa shape index (κ1) is 13.6. The SMILES string of the molecule is CC(C)N1CCC(N2C3CC2CN(CI)C3)CC1. The maximum atomic E-state index is 2.88. The molecule has 0 spiro atoms. The average molecular weight is 363 g/mol. The lowest BCUT2D eigenvalue weighted by Gasteiger charge is -2.60. The Labute approximate surface area is 125 Å². The molecule has 3 rings (SSSR count). The molecule has 0 aromatic heterocycles. The van der Waals surface area contributed by atoms with Crippen LogP contribution in [0.5, 0.6) is 0 Å². The molecule has 0 N–H and O–H groups in total. The average Bonchev–Trinajstić information content (AvgIpc) is 2.39. The van der Waals surface area contributed by atoms with Gasteiger partial charge in [0.15, 0.2) is 0 Å². The zero-order valence-corrected chi connectivity index (χ0v) is 13.8. The summed E-state index contributed by atoms with van der Waals surface area (Å²) in [7, 11) is 0. The molecule has 2 atom stereocenters. The number of nitrogens with zero attached hydrogens (tertiary/aromatic N) is 3. The highest BCUT2D eigenvalue weighted by atomic mass is 127. The van der Waals surface area contributed by atoms with Crippen molar-refractivity contribution in [3.05, 3.63) is 0 Å². The van der Waals surface area contributed by atoms with Crippen molar-refractivity contribution >= 4 is 22.6 Å². The van der Waals surface area contributed by atoms with Gasteiger partial charge in [-0.25, -0.2) is 0 Å². The zero-order chi connectivity index (χ0) is 12.7. The molecule has 2 bridgehead atoms. The van der Waals surface area contributed by atoms with Crippen LogP contribution in [0.25, 0.3) is 0 Å². The normalized spacial score (nSPS) is 36.0. The number of hydrogen-bond donors (Lipinski definition) is 0. The minimum atomic E-state index is 0.733. The lowest BCUT2D eigenvalue weighted by Crippen LogP contribution is -2.71. The monoisotopic (exact) mass is 363 g/mol. The molecular formula is C14H26IN3. The highest BCUT2D eigenvalue weighted by Gasteiger charge is 2.47. The second-order valence-electron chi connectivity index (χ2n) is 6.51. The van der Waals surface area contributed by atoms with Crippen LogP contribution in [-0.2, 0) is 0 Å². The van der Waals surface area contributed by atoms with Crippen LogP contribution in [0.4, 0.5) is 0 Å². The fourth-order valence-corrected chi connectivity index (χ4v) is 4.68. The van der Waals surface area contributed by atoms with Crippen molar-refractivity contribution in [2.45, 2.75) is 57.3 Å². The highest BCUT2D eigenvalue weighted by molar-refractivity contribution is 14.1. The van der Waals surface area contributed by atoms with Crippen molar-refractivity contribution in [1.82, 2.24) is 14.7 Å². The number of hydrogen-bond acceptors (Lipinski definition) is 3. The maximum Gasteiger partial charge on any atom is 0.0506 e. The molecule has 3 aliphatic heterocycles. The van der Waals surface area contributed by atoms with Crippen molar-refractivity contribution in [2.24, 2.45) is 0 Å². The Morgan fingerprint density at radius 2 is 1.67 bits per heavy atom. The second-order valence-corrected chi connectivity index (χ2v) is 7.19. The van der Waals surface area contributed by atoms with Crippen LogP contribution in [0.2, 0.25) is 0 Å². The summed E-state index contributed by atoms with van der Waals surface area (Å²) in [4.78, 5) is 8.14. The van der Waals surface area contributed by atoms with E-state index in [9.17, 15) is 0 Å². The van der Waals surface area contributed by atoms with Gasteiger partial charge in [-0.2, -0.15) is 0 Å². The summed E-state index contributed by atoms with van der Waals surface area (Å²) >= 11 is 2.51. The third-order valence-electron chi connectivity index (χ3n) is 5.15. The molecular weight excluding hydrogens is 337 g/mol. The van der Waals surface area contributed by atoms with Gasteiger partial charge in [-0.15, -0.1) is 0 Å². The lowest BCUT2D eigenvalue weighted by molar-refractivity contribution is -0.103. The maximum absolute atomic E-state index is 2.88. The Kier molecular flexibility index (Phi) is 4.18. The third-order valence-corrected chi connectivity index (χ3v) is 6.11. The molecule has 0 aliphatic carbocycles. The Hall–Kier alpha value is 0.610. The molecule has 4 heteroatoms. The predicted molar refractivity (Wildman–Crippen MR) is 84.2 cm³/mol. The Balaban J connectivity index is 1.53. The van der Waals surface area contributed by atoms with Crippen LogP contribution in [0.3, 0.4) is 0 Å². The van der Waals surface area contributed by atoms with Gasteiger partial charge in [-0.1, -0.05) is 22.6 Å². The molecule has 0 amide bonds. The van der Waals surface area contributed by atoms with Gasteiger partial charge in [0.2, 0.25) is 0 Å². The second kappa shape index (κ2) is 5.54. The zero-order valence-electron chi connectivity index (χ0n) is 11.7. The largest absolute Gasteiger partial charge is 0.301 e. The fourth-order valence-electron chi connectivity index (χ4n) is 4.12. The molecule has 0 radical (unpaired) electrons. The van der Waals surface area contributed by atoms with Crippen molar-refractivity contribution < 1.29 is 0 Å². The molecule has 104 valence electrons. The van der Waals surface area contributed by atoms with E-state index < -0.39 is 0 Å². The third kappa shape index (κ3) is 2.45. The smallest absolute Gasteiger partial charge is 0.0506 e. The van der Waals surface area contributed by atoms with E-state index in [1.54, 1.807) is 0 Å². The molecule has 2 unspecified atom stereocenters. The van der Waals surface area contributed by atoms with Crippen LogP contribution < -0.4 is 0 Å². The van der Waals surface area contributed by atoms with Gasteiger partial charge in [0.05, 0.1) is 4.55 Å². The van der Waals surface area contributed by atoms with Gasteiger partial charge in [0.1, 0.15) is 0 Å². The molecule has 3 fully saturated rings. The molecule has 0 aromatic carbocycles. The summed E-state index contributed by atoms with van der Waals surface area (Å²) in [5, 5.41) is 0. The quantitative estimate of drug-likeness (QED) is 0.432. The van der Waals surface area contributed by atoms with Crippen LogP contribution in [0, 0.1) is 0 Å². The summed E-state index contributed by atoms with van der Waals surface area (Å²) in [6, 6.07) is 3.39. The van der Waals surface area contributed by atoms with Crippen molar-refractivity contribution in [3.8, 4) is 0 Å². The summed E-state index contributed by atoms with van der Waals surface area (Å²) in [6.45, 7) is 9.93. The Morgan fingerprint density at radius 1 is 1.06 bits per heavy atom. The lowest BCUT2D eigenvalue weighted by atomic mass is 9.83. The van der Waals surface area contributed by atoms with E-state index in [4.69, 9.17) is 0 Å². The van der Waals surface area contributed by atoms with Crippen molar-refractivity contribution in [1.29, 1.82) is 0 Å².